The summed E-state index contributed by atoms with van der Waals surface area (Å²) in [5, 5.41) is 10.2. The quantitative estimate of drug-likeness (QED) is 0.593. The third kappa shape index (κ3) is 4.27. The number of carbonyl (C=O) groups is 1. The van der Waals surface area contributed by atoms with Crippen LogP contribution in [0.15, 0.2) is 68.5 Å². The summed E-state index contributed by atoms with van der Waals surface area (Å²) < 4.78 is 42.2. The van der Waals surface area contributed by atoms with Gasteiger partial charge in [-0.3, -0.25) is 0 Å². The lowest BCUT2D eigenvalue weighted by atomic mass is 10.2. The lowest BCUT2D eigenvalue weighted by Crippen LogP contribution is -2.28. The van der Waals surface area contributed by atoms with Crippen LogP contribution in [0.1, 0.15) is 22.2 Å². The number of esters is 1. The molecule has 27 heavy (non-hydrogen) atoms. The summed E-state index contributed by atoms with van der Waals surface area (Å²) in [6, 6.07) is 11.8. The first-order valence-corrected chi connectivity index (χ1v) is 9.39. The largest absolute Gasteiger partial charge is 0.465 e. The Bertz CT molecular complexity index is 1000. The van der Waals surface area contributed by atoms with Crippen molar-refractivity contribution in [1.29, 1.82) is 0 Å². The molecule has 1 unspecified atom stereocenters. The number of ether oxygens (including phenoxy) is 1. The van der Waals surface area contributed by atoms with E-state index in [1.54, 1.807) is 24.3 Å². The second kappa shape index (κ2) is 7.78. The highest BCUT2D eigenvalue weighted by atomic mass is 32.2. The summed E-state index contributed by atoms with van der Waals surface area (Å²) in [5.41, 5.74) is 0.234. The highest BCUT2D eigenvalue weighted by Gasteiger charge is 2.20. The number of nitrogens with one attached hydrogen (secondary N) is 1. The molecule has 2 heterocycles. The minimum atomic E-state index is -3.87. The summed E-state index contributed by atoms with van der Waals surface area (Å²) in [5.74, 6) is 0.563. The van der Waals surface area contributed by atoms with Gasteiger partial charge >= 0.3 is 5.97 Å². The summed E-state index contributed by atoms with van der Waals surface area (Å²) >= 11 is 0. The molecule has 9 heteroatoms. The fourth-order valence-electron chi connectivity index (χ4n) is 2.34. The van der Waals surface area contributed by atoms with Crippen LogP contribution in [0.5, 0.6) is 0 Å². The van der Waals surface area contributed by atoms with Gasteiger partial charge in [0.25, 0.3) is 0 Å². The van der Waals surface area contributed by atoms with Crippen LogP contribution in [0.3, 0.4) is 0 Å². The van der Waals surface area contributed by atoms with Crippen molar-refractivity contribution in [2.24, 2.45) is 0 Å². The Morgan fingerprint density at radius 2 is 1.89 bits per heavy atom. The molecule has 0 aliphatic carbocycles. The predicted molar refractivity (Wildman–Crippen MR) is 94.3 cm³/mol. The van der Waals surface area contributed by atoms with Gasteiger partial charge in [0.2, 0.25) is 10.0 Å². The van der Waals surface area contributed by atoms with Gasteiger partial charge < -0.3 is 18.7 Å². The molecule has 0 aliphatic rings. The van der Waals surface area contributed by atoms with Gasteiger partial charge in [0.1, 0.15) is 11.9 Å². The molecule has 0 bridgehead atoms. The number of furan rings is 2. The molecule has 1 aromatic carbocycles. The molecular weight excluding hydrogens is 374 g/mol. The average molecular weight is 391 g/mol. The Labute approximate surface area is 155 Å². The first kappa shape index (κ1) is 18.9. The van der Waals surface area contributed by atoms with E-state index >= 15 is 0 Å². The van der Waals surface area contributed by atoms with E-state index < -0.39 is 22.1 Å². The minimum Gasteiger partial charge on any atom is -0.465 e. The number of methoxy groups -OCH3 is 1. The number of hydrogen-bond donors (Lipinski definition) is 2. The van der Waals surface area contributed by atoms with Crippen molar-refractivity contribution in [2.45, 2.75) is 11.0 Å². The van der Waals surface area contributed by atoms with Crippen molar-refractivity contribution >= 4 is 16.0 Å². The van der Waals surface area contributed by atoms with Crippen LogP contribution >= 0.6 is 0 Å². The number of benzene rings is 1. The van der Waals surface area contributed by atoms with E-state index in [9.17, 15) is 18.3 Å². The highest BCUT2D eigenvalue weighted by Crippen LogP contribution is 2.25. The molecule has 0 fully saturated rings. The third-order valence-electron chi connectivity index (χ3n) is 3.77. The molecule has 8 nitrogen and oxygen atoms in total. The maximum atomic E-state index is 12.3. The molecule has 0 amide bonds. The Balaban J connectivity index is 1.65. The zero-order valence-electron chi connectivity index (χ0n) is 14.3. The van der Waals surface area contributed by atoms with Crippen molar-refractivity contribution in [2.75, 3.05) is 13.7 Å². The van der Waals surface area contributed by atoms with Crippen molar-refractivity contribution in [3.8, 4) is 11.5 Å². The van der Waals surface area contributed by atoms with Crippen LogP contribution < -0.4 is 4.72 Å². The van der Waals surface area contributed by atoms with E-state index in [0.29, 0.717) is 11.5 Å². The molecule has 2 aromatic heterocycles. The lowest BCUT2D eigenvalue weighted by molar-refractivity contribution is 0.0600. The summed E-state index contributed by atoms with van der Waals surface area (Å²) in [6.45, 7) is -0.286. The monoisotopic (exact) mass is 391 g/mol. The Kier molecular flexibility index (Phi) is 5.45. The number of hydrogen-bond acceptors (Lipinski definition) is 7. The van der Waals surface area contributed by atoms with Gasteiger partial charge in [0.15, 0.2) is 11.5 Å². The predicted octanol–water partition coefficient (Wildman–Crippen LogP) is 2.34. The number of rotatable bonds is 7. The smallest absolute Gasteiger partial charge is 0.337 e. The third-order valence-corrected chi connectivity index (χ3v) is 5.21. The van der Waals surface area contributed by atoms with Crippen LogP contribution in [0, 0.1) is 0 Å². The van der Waals surface area contributed by atoms with Crippen LogP contribution in [0.4, 0.5) is 0 Å². The van der Waals surface area contributed by atoms with Gasteiger partial charge in [-0.25, -0.2) is 17.9 Å². The Morgan fingerprint density at radius 1 is 1.15 bits per heavy atom. The zero-order valence-corrected chi connectivity index (χ0v) is 15.1. The van der Waals surface area contributed by atoms with Crippen molar-refractivity contribution in [1.82, 2.24) is 4.72 Å². The fraction of sp³-hybridized carbons (Fsp3) is 0.167. The van der Waals surface area contributed by atoms with Gasteiger partial charge in [-0.2, -0.15) is 0 Å². The minimum absolute atomic E-state index is 0.0435. The van der Waals surface area contributed by atoms with Gasteiger partial charge in [-0.1, -0.05) is 0 Å². The van der Waals surface area contributed by atoms with Crippen LogP contribution in [-0.2, 0) is 14.8 Å². The summed E-state index contributed by atoms with van der Waals surface area (Å²) in [7, 11) is -2.63. The molecule has 3 aromatic rings. The Hall–Kier alpha value is -2.88. The second-order valence-corrected chi connectivity index (χ2v) is 7.33. The number of sulfonamides is 1. The number of aliphatic hydroxyl groups is 1. The number of carbonyl (C=O) groups excluding carboxylic acids is 1. The molecule has 0 radical (unpaired) electrons. The van der Waals surface area contributed by atoms with E-state index in [4.69, 9.17) is 8.83 Å². The lowest BCUT2D eigenvalue weighted by Gasteiger charge is -2.10. The molecule has 3 rings (SSSR count). The first-order valence-electron chi connectivity index (χ1n) is 7.90. The SMILES string of the molecule is COC(=O)c1ccc(S(=O)(=O)NCC(O)c2ccc(-c3ccco3)o2)cc1. The van der Waals surface area contributed by atoms with Crippen molar-refractivity contribution in [3.05, 3.63) is 66.1 Å². The second-order valence-electron chi connectivity index (χ2n) is 5.56. The van der Waals surface area contributed by atoms with Crippen molar-refractivity contribution < 1.29 is 31.9 Å². The maximum absolute atomic E-state index is 12.3. The first-order chi connectivity index (χ1) is 12.9. The van der Waals surface area contributed by atoms with E-state index in [1.165, 1.54) is 37.6 Å². The van der Waals surface area contributed by atoms with Gasteiger partial charge in [0, 0.05) is 6.54 Å². The molecule has 0 saturated heterocycles. The molecule has 1 atom stereocenters. The summed E-state index contributed by atoms with van der Waals surface area (Å²) in [6.07, 6.45) is 0.311. The molecule has 0 aliphatic heterocycles. The topological polar surface area (TPSA) is 119 Å². The van der Waals surface area contributed by atoms with Gasteiger partial charge in [-0.15, -0.1) is 0 Å². The molecule has 0 saturated carbocycles. The standard InChI is InChI=1S/C18H17NO7S/c1-24-18(21)12-4-6-13(7-5-12)27(22,23)19-11-14(20)15-8-9-17(26-15)16-3-2-10-25-16/h2-10,14,19-20H,11H2,1H3. The molecular formula is C18H17NO7S. The van der Waals surface area contributed by atoms with Crippen LogP contribution in [0.25, 0.3) is 11.5 Å². The van der Waals surface area contributed by atoms with Crippen molar-refractivity contribution in [3.63, 3.8) is 0 Å². The van der Waals surface area contributed by atoms with Gasteiger partial charge in [-0.05, 0) is 48.5 Å². The van der Waals surface area contributed by atoms with E-state index in [2.05, 4.69) is 9.46 Å². The molecule has 2 N–H and O–H groups in total. The zero-order chi connectivity index (χ0) is 19.4. The Morgan fingerprint density at radius 3 is 2.52 bits per heavy atom. The van der Waals surface area contributed by atoms with E-state index in [0.717, 1.165) is 0 Å². The van der Waals surface area contributed by atoms with E-state index in [-0.39, 0.29) is 22.8 Å². The van der Waals surface area contributed by atoms with Gasteiger partial charge in [0.05, 0.1) is 23.8 Å². The average Bonchev–Trinajstić information content (AvgIpc) is 3.37. The molecule has 0 spiro atoms. The van der Waals surface area contributed by atoms with Crippen LogP contribution in [-0.4, -0.2) is 33.1 Å². The van der Waals surface area contributed by atoms with E-state index in [1.807, 2.05) is 0 Å². The summed E-state index contributed by atoms with van der Waals surface area (Å²) in [4.78, 5) is 11.4. The van der Waals surface area contributed by atoms with Crippen LogP contribution in [0.2, 0.25) is 0 Å². The molecule has 142 valence electrons. The number of aliphatic hydroxyl groups excluding tert-OH is 1. The maximum Gasteiger partial charge on any atom is 0.337 e. The normalized spacial score (nSPS) is 12.7. The fourth-order valence-corrected chi connectivity index (χ4v) is 3.38. The highest BCUT2D eigenvalue weighted by molar-refractivity contribution is 7.89.